The fraction of sp³-hybridized carbons (Fsp3) is 0.889. The van der Waals surface area contributed by atoms with Crippen molar-refractivity contribution in [1.29, 1.82) is 0 Å². The van der Waals surface area contributed by atoms with Gasteiger partial charge in [0.2, 0.25) is 0 Å². The summed E-state index contributed by atoms with van der Waals surface area (Å²) in [6, 6.07) is 0. The number of carbonyl (C=O) groups excluding carboxylic acids is 1. The first-order valence-corrected chi connectivity index (χ1v) is 4.51. The molecule has 0 heterocycles. The van der Waals surface area contributed by atoms with Crippen molar-refractivity contribution < 1.29 is 14.6 Å². The number of aliphatic hydroxyl groups is 1. The summed E-state index contributed by atoms with van der Waals surface area (Å²) in [7, 11) is 1.28. The highest BCUT2D eigenvalue weighted by atomic mass is 16.5. The maximum Gasteiger partial charge on any atom is 0.338 e. The van der Waals surface area contributed by atoms with E-state index >= 15 is 0 Å². The molecule has 0 aromatic heterocycles. The molecule has 4 nitrogen and oxygen atoms in total. The van der Waals surface area contributed by atoms with Gasteiger partial charge in [-0.2, -0.15) is 0 Å². The summed E-state index contributed by atoms with van der Waals surface area (Å²) in [5.74, 6) is -0.584. The van der Waals surface area contributed by atoms with Crippen molar-refractivity contribution in [3.05, 3.63) is 0 Å². The number of rotatable bonds is 5. The minimum Gasteiger partial charge on any atom is -0.467 e. The molecule has 4 heteroatoms. The SMILES string of the molecule is CCN(CC)CC(C)(O)C(=O)OC. The Hall–Kier alpha value is -0.610. The van der Waals surface area contributed by atoms with Crippen molar-refractivity contribution in [1.82, 2.24) is 4.90 Å². The molecule has 1 unspecified atom stereocenters. The molecule has 1 N–H and O–H groups in total. The molecule has 0 spiro atoms. The van der Waals surface area contributed by atoms with Gasteiger partial charge in [0.05, 0.1) is 7.11 Å². The third-order valence-corrected chi connectivity index (χ3v) is 2.05. The van der Waals surface area contributed by atoms with E-state index in [-0.39, 0.29) is 0 Å². The second-order valence-corrected chi connectivity index (χ2v) is 3.23. The molecule has 0 aliphatic carbocycles. The lowest BCUT2D eigenvalue weighted by Crippen LogP contribution is -2.47. The van der Waals surface area contributed by atoms with E-state index in [1.807, 2.05) is 18.7 Å². The van der Waals surface area contributed by atoms with Gasteiger partial charge in [0.1, 0.15) is 0 Å². The highest BCUT2D eigenvalue weighted by Crippen LogP contribution is 2.08. The minimum atomic E-state index is -1.40. The van der Waals surface area contributed by atoms with Crippen LogP contribution < -0.4 is 0 Å². The second kappa shape index (κ2) is 5.19. The maximum atomic E-state index is 11.1. The van der Waals surface area contributed by atoms with Gasteiger partial charge in [-0.05, 0) is 20.0 Å². The molecular weight excluding hydrogens is 170 g/mol. The minimum absolute atomic E-state index is 0.312. The van der Waals surface area contributed by atoms with Crippen LogP contribution in [0.2, 0.25) is 0 Å². The molecule has 0 fully saturated rings. The lowest BCUT2D eigenvalue weighted by Gasteiger charge is -2.27. The molecule has 0 aromatic carbocycles. The zero-order chi connectivity index (χ0) is 10.5. The Morgan fingerprint density at radius 2 is 1.92 bits per heavy atom. The van der Waals surface area contributed by atoms with E-state index in [1.54, 1.807) is 0 Å². The summed E-state index contributed by atoms with van der Waals surface area (Å²) in [6.07, 6.45) is 0. The molecule has 0 aliphatic heterocycles. The smallest absolute Gasteiger partial charge is 0.338 e. The van der Waals surface area contributed by atoms with Crippen LogP contribution in [0.1, 0.15) is 20.8 Å². The van der Waals surface area contributed by atoms with Crippen LogP contribution >= 0.6 is 0 Å². The molecule has 1 atom stereocenters. The Balaban J connectivity index is 4.21. The van der Waals surface area contributed by atoms with E-state index in [0.717, 1.165) is 13.1 Å². The molecule has 78 valence electrons. The molecule has 13 heavy (non-hydrogen) atoms. The van der Waals surface area contributed by atoms with E-state index in [1.165, 1.54) is 14.0 Å². The summed E-state index contributed by atoms with van der Waals surface area (Å²) < 4.78 is 4.49. The predicted octanol–water partition coefficient (Wildman–Crippen LogP) is 0.252. The first-order valence-electron chi connectivity index (χ1n) is 4.51. The molecule has 0 rings (SSSR count). The highest BCUT2D eigenvalue weighted by molar-refractivity contribution is 5.78. The van der Waals surface area contributed by atoms with Gasteiger partial charge >= 0.3 is 5.97 Å². The molecule has 0 bridgehead atoms. The van der Waals surface area contributed by atoms with E-state index in [0.29, 0.717) is 6.54 Å². The van der Waals surface area contributed by atoms with Gasteiger partial charge in [-0.1, -0.05) is 13.8 Å². The predicted molar refractivity (Wildman–Crippen MR) is 50.4 cm³/mol. The van der Waals surface area contributed by atoms with E-state index in [4.69, 9.17) is 0 Å². The molecule has 0 amide bonds. The zero-order valence-electron chi connectivity index (χ0n) is 8.83. The third-order valence-electron chi connectivity index (χ3n) is 2.05. The average Bonchev–Trinajstić information content (AvgIpc) is 2.12. The van der Waals surface area contributed by atoms with E-state index in [9.17, 15) is 9.90 Å². The number of nitrogens with zero attached hydrogens (tertiary/aromatic N) is 1. The summed E-state index contributed by atoms with van der Waals surface area (Å²) in [6.45, 7) is 7.37. The van der Waals surface area contributed by atoms with Gasteiger partial charge in [0.25, 0.3) is 0 Å². The quantitative estimate of drug-likeness (QED) is 0.630. The number of likely N-dealkylation sites (N-methyl/N-ethyl adjacent to an activating group) is 1. The van der Waals surface area contributed by atoms with Crippen molar-refractivity contribution in [3.63, 3.8) is 0 Å². The fourth-order valence-electron chi connectivity index (χ4n) is 1.17. The molecule has 0 aromatic rings. The van der Waals surface area contributed by atoms with Gasteiger partial charge in [-0.25, -0.2) is 4.79 Å². The first kappa shape index (κ1) is 12.4. The Kier molecular flexibility index (Phi) is 4.95. The molecule has 0 saturated heterocycles. The van der Waals surface area contributed by atoms with Crippen LogP contribution in [0, 0.1) is 0 Å². The van der Waals surface area contributed by atoms with E-state index in [2.05, 4.69) is 4.74 Å². The Morgan fingerprint density at radius 3 is 2.23 bits per heavy atom. The van der Waals surface area contributed by atoms with Crippen LogP contribution in [-0.4, -0.2) is 48.3 Å². The van der Waals surface area contributed by atoms with Crippen LogP contribution in [0.5, 0.6) is 0 Å². The summed E-state index contributed by atoms with van der Waals surface area (Å²) in [4.78, 5) is 13.1. The molecule has 0 aliphatic rings. The van der Waals surface area contributed by atoms with Gasteiger partial charge < -0.3 is 14.7 Å². The monoisotopic (exact) mass is 189 g/mol. The Morgan fingerprint density at radius 1 is 1.46 bits per heavy atom. The molecular formula is C9H19NO3. The number of ether oxygens (including phenoxy) is 1. The van der Waals surface area contributed by atoms with Crippen molar-refractivity contribution in [2.45, 2.75) is 26.4 Å². The van der Waals surface area contributed by atoms with Gasteiger partial charge in [0.15, 0.2) is 5.60 Å². The van der Waals surface area contributed by atoms with Crippen LogP contribution in [0.3, 0.4) is 0 Å². The number of hydrogen-bond acceptors (Lipinski definition) is 4. The number of hydrogen-bond donors (Lipinski definition) is 1. The van der Waals surface area contributed by atoms with Crippen molar-refractivity contribution >= 4 is 5.97 Å². The number of esters is 1. The molecule has 0 radical (unpaired) electrons. The van der Waals surface area contributed by atoms with Crippen LogP contribution in [0.4, 0.5) is 0 Å². The highest BCUT2D eigenvalue weighted by Gasteiger charge is 2.32. The largest absolute Gasteiger partial charge is 0.467 e. The van der Waals surface area contributed by atoms with Crippen molar-refractivity contribution in [2.75, 3.05) is 26.7 Å². The lowest BCUT2D eigenvalue weighted by molar-refractivity contribution is -0.162. The van der Waals surface area contributed by atoms with Gasteiger partial charge in [-0.15, -0.1) is 0 Å². The first-order chi connectivity index (χ1) is 5.97. The summed E-state index contributed by atoms with van der Waals surface area (Å²) >= 11 is 0. The second-order valence-electron chi connectivity index (χ2n) is 3.23. The molecule has 0 saturated carbocycles. The number of carbonyl (C=O) groups is 1. The standard InChI is InChI=1S/C9H19NO3/c1-5-10(6-2)7-9(3,12)8(11)13-4/h12H,5-7H2,1-4H3. The lowest BCUT2D eigenvalue weighted by atomic mass is 10.1. The fourth-order valence-corrected chi connectivity index (χ4v) is 1.17. The Labute approximate surface area is 79.5 Å². The summed E-state index contributed by atoms with van der Waals surface area (Å²) in [5, 5.41) is 9.70. The van der Waals surface area contributed by atoms with Crippen molar-refractivity contribution in [2.24, 2.45) is 0 Å². The zero-order valence-corrected chi connectivity index (χ0v) is 8.83. The van der Waals surface area contributed by atoms with Crippen molar-refractivity contribution in [3.8, 4) is 0 Å². The number of methoxy groups -OCH3 is 1. The summed E-state index contributed by atoms with van der Waals surface area (Å²) in [5.41, 5.74) is -1.40. The maximum absolute atomic E-state index is 11.1. The van der Waals surface area contributed by atoms with Gasteiger partial charge in [0, 0.05) is 6.54 Å². The normalized spacial score (nSPS) is 15.5. The topological polar surface area (TPSA) is 49.8 Å². The average molecular weight is 189 g/mol. The Bertz CT molecular complexity index is 164. The third kappa shape index (κ3) is 3.74. The van der Waals surface area contributed by atoms with E-state index < -0.39 is 11.6 Å². The van der Waals surface area contributed by atoms with Crippen LogP contribution in [0.15, 0.2) is 0 Å². The van der Waals surface area contributed by atoms with Gasteiger partial charge in [-0.3, -0.25) is 0 Å². The van der Waals surface area contributed by atoms with Crippen LogP contribution in [0.25, 0.3) is 0 Å². The van der Waals surface area contributed by atoms with Crippen LogP contribution in [-0.2, 0) is 9.53 Å².